The number of rotatable bonds is 5. The van der Waals surface area contributed by atoms with Gasteiger partial charge in [-0.2, -0.15) is 0 Å². The molecule has 0 aliphatic carbocycles. The molecule has 0 spiro atoms. The van der Waals surface area contributed by atoms with Crippen LogP contribution in [0.2, 0.25) is 0 Å². The molecule has 7 nitrogen and oxygen atoms in total. The maximum Gasteiger partial charge on any atom is 0.255 e. The van der Waals surface area contributed by atoms with E-state index in [1.165, 1.54) is 0 Å². The molecule has 1 amide bonds. The lowest BCUT2D eigenvalue weighted by molar-refractivity contribution is 0.0943. The molecule has 150 valence electrons. The van der Waals surface area contributed by atoms with Crippen molar-refractivity contribution in [2.24, 2.45) is 0 Å². The minimum atomic E-state index is -0.0754. The molecule has 0 saturated heterocycles. The minimum Gasteiger partial charge on any atom is -0.362 e. The van der Waals surface area contributed by atoms with Gasteiger partial charge in [0.05, 0.1) is 5.56 Å². The molecule has 0 radical (unpaired) electrons. The van der Waals surface area contributed by atoms with Crippen LogP contribution >= 0.6 is 0 Å². The van der Waals surface area contributed by atoms with Crippen LogP contribution in [0.4, 0.5) is 11.8 Å². The Labute approximate surface area is 167 Å². The summed E-state index contributed by atoms with van der Waals surface area (Å²) in [6, 6.07) is 2.10. The topological polar surface area (TPSA) is 74.2 Å². The highest BCUT2D eigenvalue weighted by Crippen LogP contribution is 2.24. The maximum absolute atomic E-state index is 12.7. The first-order valence-corrected chi connectivity index (χ1v) is 9.95. The fourth-order valence-electron chi connectivity index (χ4n) is 3.36. The van der Waals surface area contributed by atoms with E-state index in [0.29, 0.717) is 11.4 Å². The molecule has 0 fully saturated rings. The molecule has 3 rings (SSSR count). The SMILES string of the molecule is CCc1cnc(N2CCc3cc(C(=O)NC(C)C)c(N(C)C)nc3CC2)nc1. The molecule has 1 aliphatic heterocycles. The number of nitrogens with one attached hydrogen (secondary N) is 1. The Balaban J connectivity index is 1.86. The highest BCUT2D eigenvalue weighted by atomic mass is 16.1. The Morgan fingerprint density at radius 1 is 1.21 bits per heavy atom. The normalized spacial score (nSPS) is 13.9. The number of fused-ring (bicyclic) bond motifs is 1. The van der Waals surface area contributed by atoms with E-state index < -0.39 is 0 Å². The lowest BCUT2D eigenvalue weighted by Crippen LogP contribution is -2.32. The van der Waals surface area contributed by atoms with Crippen molar-refractivity contribution in [3.63, 3.8) is 0 Å². The van der Waals surface area contributed by atoms with E-state index in [1.54, 1.807) is 0 Å². The monoisotopic (exact) mass is 382 g/mol. The summed E-state index contributed by atoms with van der Waals surface area (Å²) in [6.45, 7) is 7.65. The van der Waals surface area contributed by atoms with Crippen molar-refractivity contribution < 1.29 is 4.79 Å². The molecule has 0 saturated carbocycles. The minimum absolute atomic E-state index is 0.0754. The van der Waals surface area contributed by atoms with Crippen LogP contribution in [-0.2, 0) is 19.3 Å². The lowest BCUT2D eigenvalue weighted by atomic mass is 10.0. The van der Waals surface area contributed by atoms with Crippen LogP contribution < -0.4 is 15.1 Å². The molecule has 3 heterocycles. The van der Waals surface area contributed by atoms with E-state index >= 15 is 0 Å². The molecular weight excluding hydrogens is 352 g/mol. The Kier molecular flexibility index (Phi) is 6.11. The van der Waals surface area contributed by atoms with Crippen LogP contribution in [0.5, 0.6) is 0 Å². The van der Waals surface area contributed by atoms with Gasteiger partial charge >= 0.3 is 0 Å². The smallest absolute Gasteiger partial charge is 0.255 e. The van der Waals surface area contributed by atoms with E-state index in [1.807, 2.05) is 51.3 Å². The summed E-state index contributed by atoms with van der Waals surface area (Å²) < 4.78 is 0. The summed E-state index contributed by atoms with van der Waals surface area (Å²) in [6.07, 6.45) is 6.36. The van der Waals surface area contributed by atoms with E-state index in [4.69, 9.17) is 4.98 Å². The average molecular weight is 383 g/mol. The summed E-state index contributed by atoms with van der Waals surface area (Å²) in [5, 5.41) is 2.99. The van der Waals surface area contributed by atoms with Crippen molar-refractivity contribution in [1.29, 1.82) is 0 Å². The number of anilines is 2. The highest BCUT2D eigenvalue weighted by Gasteiger charge is 2.23. The van der Waals surface area contributed by atoms with Crippen molar-refractivity contribution in [1.82, 2.24) is 20.3 Å². The quantitative estimate of drug-likeness (QED) is 0.855. The van der Waals surface area contributed by atoms with Gasteiger partial charge in [0.1, 0.15) is 5.82 Å². The van der Waals surface area contributed by atoms with Crippen LogP contribution in [0.3, 0.4) is 0 Å². The fourth-order valence-corrected chi connectivity index (χ4v) is 3.36. The van der Waals surface area contributed by atoms with Gasteiger partial charge in [0.15, 0.2) is 0 Å². The number of amides is 1. The van der Waals surface area contributed by atoms with E-state index in [9.17, 15) is 4.79 Å². The average Bonchev–Trinajstić information content (AvgIpc) is 2.88. The molecule has 1 aliphatic rings. The van der Waals surface area contributed by atoms with Crippen molar-refractivity contribution >= 4 is 17.7 Å². The van der Waals surface area contributed by atoms with Gasteiger partial charge in [-0.1, -0.05) is 6.92 Å². The van der Waals surface area contributed by atoms with Gasteiger partial charge in [0.2, 0.25) is 5.95 Å². The van der Waals surface area contributed by atoms with Gasteiger partial charge in [-0.25, -0.2) is 15.0 Å². The highest BCUT2D eigenvalue weighted by molar-refractivity contribution is 5.99. The van der Waals surface area contributed by atoms with Gasteiger partial charge < -0.3 is 15.1 Å². The van der Waals surface area contributed by atoms with Gasteiger partial charge in [-0.3, -0.25) is 4.79 Å². The second-order valence-corrected chi connectivity index (χ2v) is 7.72. The van der Waals surface area contributed by atoms with Crippen molar-refractivity contribution in [3.05, 3.63) is 40.8 Å². The predicted octanol–water partition coefficient (Wildman–Crippen LogP) is 2.24. The largest absolute Gasteiger partial charge is 0.362 e. The number of pyridine rings is 1. The third-order valence-corrected chi connectivity index (χ3v) is 4.91. The Bertz CT molecular complexity index is 832. The Morgan fingerprint density at radius 2 is 1.89 bits per heavy atom. The van der Waals surface area contributed by atoms with Crippen LogP contribution in [0.25, 0.3) is 0 Å². The summed E-state index contributed by atoms with van der Waals surface area (Å²) in [5.74, 6) is 1.40. The molecule has 2 aromatic rings. The number of aromatic nitrogens is 3. The second kappa shape index (κ2) is 8.54. The number of hydrogen-bond acceptors (Lipinski definition) is 6. The second-order valence-electron chi connectivity index (χ2n) is 7.72. The van der Waals surface area contributed by atoms with Crippen molar-refractivity contribution in [3.8, 4) is 0 Å². The van der Waals surface area contributed by atoms with Crippen LogP contribution in [0.1, 0.15) is 48.0 Å². The van der Waals surface area contributed by atoms with Crippen molar-refractivity contribution in [2.75, 3.05) is 37.0 Å². The number of aryl methyl sites for hydroxylation is 1. The zero-order valence-electron chi connectivity index (χ0n) is 17.5. The summed E-state index contributed by atoms with van der Waals surface area (Å²) in [5.41, 5.74) is 3.96. The first kappa shape index (κ1) is 20.0. The molecule has 0 aromatic carbocycles. The van der Waals surface area contributed by atoms with Gasteiger partial charge in [-0.05, 0) is 43.9 Å². The van der Waals surface area contributed by atoms with E-state index in [-0.39, 0.29) is 11.9 Å². The maximum atomic E-state index is 12.7. The molecule has 0 atom stereocenters. The van der Waals surface area contributed by atoms with Crippen LogP contribution in [0, 0.1) is 0 Å². The van der Waals surface area contributed by atoms with Gasteiger partial charge in [0, 0.05) is 57.7 Å². The standard InChI is InChI=1S/C21H30N6O/c1-6-15-12-22-21(23-13-15)27-9-7-16-11-17(20(28)24-14(2)3)19(26(4)5)25-18(16)8-10-27/h11-14H,6-10H2,1-5H3,(H,24,28). The third-order valence-electron chi connectivity index (χ3n) is 4.91. The number of carbonyl (C=O) groups excluding carboxylic acids is 1. The van der Waals surface area contributed by atoms with Crippen LogP contribution in [-0.4, -0.2) is 54.1 Å². The lowest BCUT2D eigenvalue weighted by Gasteiger charge is -2.19. The van der Waals surface area contributed by atoms with Crippen LogP contribution in [0.15, 0.2) is 18.5 Å². The molecule has 28 heavy (non-hydrogen) atoms. The van der Waals surface area contributed by atoms with E-state index in [0.717, 1.165) is 55.1 Å². The zero-order chi connectivity index (χ0) is 20.3. The summed E-state index contributed by atoms with van der Waals surface area (Å²) in [7, 11) is 3.85. The summed E-state index contributed by atoms with van der Waals surface area (Å²) in [4.78, 5) is 30.7. The fraction of sp³-hybridized carbons (Fsp3) is 0.524. The first-order valence-electron chi connectivity index (χ1n) is 9.95. The zero-order valence-corrected chi connectivity index (χ0v) is 17.5. The number of carbonyl (C=O) groups is 1. The molecule has 0 unspecified atom stereocenters. The molecular formula is C21H30N6O. The van der Waals surface area contributed by atoms with Crippen molar-refractivity contribution in [2.45, 2.75) is 46.1 Å². The van der Waals surface area contributed by atoms with Gasteiger partial charge in [-0.15, -0.1) is 0 Å². The number of nitrogens with zero attached hydrogens (tertiary/aromatic N) is 5. The molecule has 0 bridgehead atoms. The van der Waals surface area contributed by atoms with E-state index in [2.05, 4.69) is 27.1 Å². The summed E-state index contributed by atoms with van der Waals surface area (Å²) >= 11 is 0. The Morgan fingerprint density at radius 3 is 2.50 bits per heavy atom. The molecule has 7 heteroatoms. The molecule has 2 aromatic heterocycles. The van der Waals surface area contributed by atoms with Gasteiger partial charge in [0.25, 0.3) is 5.91 Å². The third kappa shape index (κ3) is 4.40. The predicted molar refractivity (Wildman–Crippen MR) is 112 cm³/mol. The molecule has 1 N–H and O–H groups in total. The Hall–Kier alpha value is -2.70. The number of hydrogen-bond donors (Lipinski definition) is 1. The first-order chi connectivity index (χ1) is 13.4.